The third-order valence-corrected chi connectivity index (χ3v) is 3.33. The molecule has 0 aliphatic heterocycles. The molecule has 0 bridgehead atoms. The monoisotopic (exact) mass is 295 g/mol. The Labute approximate surface area is 123 Å². The van der Waals surface area contributed by atoms with Gasteiger partial charge in [0.1, 0.15) is 23.0 Å². The van der Waals surface area contributed by atoms with Crippen molar-refractivity contribution < 1.29 is 13.9 Å². The van der Waals surface area contributed by atoms with E-state index in [4.69, 9.17) is 25.5 Å². The molecule has 0 saturated heterocycles. The first-order valence-corrected chi connectivity index (χ1v) is 6.67. The third kappa shape index (κ3) is 3.02. The second-order valence-electron chi connectivity index (χ2n) is 4.50. The highest BCUT2D eigenvalue weighted by atomic mass is 35.5. The van der Waals surface area contributed by atoms with Crippen LogP contribution >= 0.6 is 11.6 Å². The van der Waals surface area contributed by atoms with Crippen molar-refractivity contribution in [3.8, 4) is 11.5 Å². The van der Waals surface area contributed by atoms with Gasteiger partial charge in [0, 0.05) is 12.1 Å². The number of ether oxygens (including phenoxy) is 2. The normalized spacial score (nSPS) is 12.1. The molecule has 0 radical (unpaired) electrons. The topological polar surface area (TPSA) is 43.6 Å². The summed E-state index contributed by atoms with van der Waals surface area (Å²) in [6, 6.07) is 7.43. The largest absolute Gasteiger partial charge is 0.495 e. The molecule has 1 atom stereocenters. The van der Waals surface area contributed by atoms with Crippen LogP contribution in [0.25, 0.3) is 0 Å². The van der Waals surface area contributed by atoms with Gasteiger partial charge in [0.05, 0.1) is 31.0 Å². The number of aryl methyl sites for hydroxylation is 1. The van der Waals surface area contributed by atoms with Crippen molar-refractivity contribution in [2.45, 2.75) is 19.9 Å². The zero-order valence-corrected chi connectivity index (χ0v) is 12.7. The summed E-state index contributed by atoms with van der Waals surface area (Å²) in [5.41, 5.74) is 0.801. The van der Waals surface area contributed by atoms with Crippen LogP contribution in [-0.4, -0.2) is 14.2 Å². The van der Waals surface area contributed by atoms with E-state index in [9.17, 15) is 0 Å². The maximum Gasteiger partial charge on any atom is 0.143 e. The summed E-state index contributed by atoms with van der Waals surface area (Å²) in [5.74, 6) is 3.00. The highest BCUT2D eigenvalue weighted by Crippen LogP contribution is 2.37. The Kier molecular flexibility index (Phi) is 4.45. The molecule has 0 spiro atoms. The Balaban J connectivity index is 2.27. The molecule has 4 nitrogen and oxygen atoms in total. The first-order chi connectivity index (χ1) is 9.55. The summed E-state index contributed by atoms with van der Waals surface area (Å²) in [5, 5.41) is 3.85. The lowest BCUT2D eigenvalue weighted by atomic mass is 10.2. The van der Waals surface area contributed by atoms with Crippen molar-refractivity contribution in [3.63, 3.8) is 0 Å². The van der Waals surface area contributed by atoms with E-state index in [1.165, 1.54) is 0 Å². The third-order valence-electron chi connectivity index (χ3n) is 3.03. The standard InChI is InChI=1S/C15H18ClNO3/c1-9-5-6-13(20-9)10(2)17-12-8-14(18-3)11(16)7-15(12)19-4/h5-8,10,17H,1-4H3. The first-order valence-electron chi connectivity index (χ1n) is 6.29. The molecular formula is C15H18ClNO3. The number of halogens is 1. The first kappa shape index (κ1) is 14.6. The second-order valence-corrected chi connectivity index (χ2v) is 4.91. The van der Waals surface area contributed by atoms with Crippen molar-refractivity contribution >= 4 is 17.3 Å². The van der Waals surface area contributed by atoms with Gasteiger partial charge in [-0.1, -0.05) is 11.6 Å². The van der Waals surface area contributed by atoms with Gasteiger partial charge in [-0.3, -0.25) is 0 Å². The van der Waals surface area contributed by atoms with Crippen LogP contribution in [0.5, 0.6) is 11.5 Å². The van der Waals surface area contributed by atoms with Gasteiger partial charge in [-0.2, -0.15) is 0 Å². The van der Waals surface area contributed by atoms with Crippen LogP contribution in [0.1, 0.15) is 24.5 Å². The minimum Gasteiger partial charge on any atom is -0.495 e. The van der Waals surface area contributed by atoms with E-state index in [1.807, 2.05) is 32.0 Å². The van der Waals surface area contributed by atoms with E-state index in [0.29, 0.717) is 16.5 Å². The summed E-state index contributed by atoms with van der Waals surface area (Å²) in [6.45, 7) is 3.93. The molecule has 1 aromatic carbocycles. The van der Waals surface area contributed by atoms with Gasteiger partial charge in [0.2, 0.25) is 0 Å². The molecule has 1 aromatic heterocycles. The summed E-state index contributed by atoms with van der Waals surface area (Å²) in [7, 11) is 3.18. The summed E-state index contributed by atoms with van der Waals surface area (Å²) in [6.07, 6.45) is 0. The van der Waals surface area contributed by atoms with Gasteiger partial charge in [0.15, 0.2) is 0 Å². The number of rotatable bonds is 5. The Morgan fingerprint density at radius 1 is 1.15 bits per heavy atom. The van der Waals surface area contributed by atoms with E-state index >= 15 is 0 Å². The highest BCUT2D eigenvalue weighted by Gasteiger charge is 2.14. The molecule has 2 rings (SSSR count). The van der Waals surface area contributed by atoms with E-state index in [2.05, 4.69) is 5.32 Å². The van der Waals surface area contributed by atoms with Crippen LogP contribution < -0.4 is 14.8 Å². The lowest BCUT2D eigenvalue weighted by Gasteiger charge is -2.17. The van der Waals surface area contributed by atoms with Crippen LogP contribution in [0.15, 0.2) is 28.7 Å². The van der Waals surface area contributed by atoms with E-state index < -0.39 is 0 Å². The summed E-state index contributed by atoms with van der Waals surface area (Å²) in [4.78, 5) is 0. The van der Waals surface area contributed by atoms with Crippen LogP contribution in [-0.2, 0) is 0 Å². The fourth-order valence-electron chi connectivity index (χ4n) is 1.96. The number of hydrogen-bond donors (Lipinski definition) is 1. The van der Waals surface area contributed by atoms with E-state index in [-0.39, 0.29) is 6.04 Å². The van der Waals surface area contributed by atoms with Crippen molar-refractivity contribution in [2.24, 2.45) is 0 Å². The predicted molar refractivity (Wildman–Crippen MR) is 80.0 cm³/mol. The van der Waals surface area contributed by atoms with E-state index in [1.54, 1.807) is 20.3 Å². The molecule has 0 saturated carbocycles. The van der Waals surface area contributed by atoms with Gasteiger partial charge in [-0.05, 0) is 26.0 Å². The minimum absolute atomic E-state index is 0.00322. The molecule has 0 amide bonds. The number of nitrogens with one attached hydrogen (secondary N) is 1. The van der Waals surface area contributed by atoms with Gasteiger partial charge in [-0.25, -0.2) is 0 Å². The molecule has 2 aromatic rings. The number of furan rings is 1. The van der Waals surface area contributed by atoms with Crippen molar-refractivity contribution in [1.29, 1.82) is 0 Å². The van der Waals surface area contributed by atoms with Crippen LogP contribution in [0.3, 0.4) is 0 Å². The van der Waals surface area contributed by atoms with Gasteiger partial charge in [-0.15, -0.1) is 0 Å². The fraction of sp³-hybridized carbons (Fsp3) is 0.333. The van der Waals surface area contributed by atoms with Gasteiger partial charge < -0.3 is 19.2 Å². The molecule has 1 heterocycles. The number of anilines is 1. The highest BCUT2D eigenvalue weighted by molar-refractivity contribution is 6.32. The maximum absolute atomic E-state index is 6.09. The number of benzene rings is 1. The fourth-order valence-corrected chi connectivity index (χ4v) is 2.19. The Hall–Kier alpha value is -1.81. The van der Waals surface area contributed by atoms with E-state index in [0.717, 1.165) is 17.2 Å². The molecule has 0 fully saturated rings. The Morgan fingerprint density at radius 3 is 2.40 bits per heavy atom. The molecule has 0 aliphatic rings. The Bertz CT molecular complexity index is 595. The second kappa shape index (κ2) is 6.09. The lowest BCUT2D eigenvalue weighted by molar-refractivity contribution is 0.403. The molecule has 20 heavy (non-hydrogen) atoms. The van der Waals surface area contributed by atoms with Crippen molar-refractivity contribution in [1.82, 2.24) is 0 Å². The molecule has 5 heteroatoms. The van der Waals surface area contributed by atoms with Crippen molar-refractivity contribution in [3.05, 3.63) is 40.8 Å². The zero-order chi connectivity index (χ0) is 14.7. The molecular weight excluding hydrogens is 278 g/mol. The van der Waals surface area contributed by atoms with Gasteiger partial charge >= 0.3 is 0 Å². The number of hydrogen-bond acceptors (Lipinski definition) is 4. The quantitative estimate of drug-likeness (QED) is 0.886. The number of methoxy groups -OCH3 is 2. The van der Waals surface area contributed by atoms with Crippen LogP contribution in [0, 0.1) is 6.92 Å². The Morgan fingerprint density at radius 2 is 1.85 bits per heavy atom. The lowest BCUT2D eigenvalue weighted by Crippen LogP contribution is -2.07. The van der Waals surface area contributed by atoms with Gasteiger partial charge in [0.25, 0.3) is 0 Å². The average Bonchev–Trinajstić information content (AvgIpc) is 2.87. The predicted octanol–water partition coefficient (Wildman–Crippen LogP) is 4.43. The van der Waals surface area contributed by atoms with Crippen LogP contribution in [0.2, 0.25) is 5.02 Å². The maximum atomic E-state index is 6.09. The molecule has 0 aliphatic carbocycles. The molecule has 1 unspecified atom stereocenters. The average molecular weight is 296 g/mol. The SMILES string of the molecule is COc1cc(NC(C)c2ccc(C)o2)c(OC)cc1Cl. The van der Waals surface area contributed by atoms with Crippen molar-refractivity contribution in [2.75, 3.05) is 19.5 Å². The molecule has 1 N–H and O–H groups in total. The summed E-state index contributed by atoms with van der Waals surface area (Å²) >= 11 is 6.09. The summed E-state index contributed by atoms with van der Waals surface area (Å²) < 4.78 is 16.2. The van der Waals surface area contributed by atoms with Crippen LogP contribution in [0.4, 0.5) is 5.69 Å². The smallest absolute Gasteiger partial charge is 0.143 e. The molecule has 108 valence electrons. The minimum atomic E-state index is 0.00322. The zero-order valence-electron chi connectivity index (χ0n) is 12.0.